The molecule has 1 unspecified atom stereocenters. The second-order valence-electron chi connectivity index (χ2n) is 6.86. The first kappa shape index (κ1) is 16.8. The van der Waals surface area contributed by atoms with Crippen LogP contribution in [0.5, 0.6) is 0 Å². The first-order chi connectivity index (χ1) is 12.6. The van der Waals surface area contributed by atoms with Gasteiger partial charge in [0.2, 0.25) is 0 Å². The second-order valence-corrected chi connectivity index (χ2v) is 6.86. The molecule has 0 aliphatic carbocycles. The van der Waals surface area contributed by atoms with Gasteiger partial charge in [-0.25, -0.2) is 9.59 Å². The van der Waals surface area contributed by atoms with E-state index in [0.717, 1.165) is 12.8 Å². The molecule has 1 aromatic carbocycles. The van der Waals surface area contributed by atoms with Crippen LogP contribution in [0.3, 0.4) is 0 Å². The molecule has 3 aliphatic rings. The largest absolute Gasteiger partial charge is 0.434 e. The number of rotatable bonds is 2. The molecule has 1 N–H and O–H groups in total. The Morgan fingerprint density at radius 1 is 1.08 bits per heavy atom. The second kappa shape index (κ2) is 6.95. The van der Waals surface area contributed by atoms with Gasteiger partial charge in [-0.15, -0.1) is 0 Å². The summed E-state index contributed by atoms with van der Waals surface area (Å²) >= 11 is 0. The van der Waals surface area contributed by atoms with E-state index < -0.39 is 24.1 Å². The number of hydroxylamine groups is 2. The van der Waals surface area contributed by atoms with Gasteiger partial charge in [-0.1, -0.05) is 35.4 Å². The lowest BCUT2D eigenvalue weighted by Crippen LogP contribution is -2.51. The molecule has 1 atom stereocenters. The quantitative estimate of drug-likeness (QED) is 0.802. The highest BCUT2D eigenvalue weighted by Crippen LogP contribution is 2.28. The number of hydrogen-bond acceptors (Lipinski definition) is 5. The minimum atomic E-state index is -0.633. The van der Waals surface area contributed by atoms with E-state index in [0.29, 0.717) is 43.7 Å². The first-order valence-corrected chi connectivity index (χ1v) is 9.02. The summed E-state index contributed by atoms with van der Waals surface area (Å²) in [4.78, 5) is 45.2. The fourth-order valence-electron chi connectivity index (χ4n) is 3.84. The van der Waals surface area contributed by atoms with Crippen molar-refractivity contribution in [2.24, 2.45) is 0 Å². The highest BCUT2D eigenvalue weighted by atomic mass is 16.7. The van der Waals surface area contributed by atoms with Crippen LogP contribution in [0.15, 0.2) is 30.3 Å². The van der Waals surface area contributed by atoms with Gasteiger partial charge in [-0.2, -0.15) is 0 Å². The Bertz CT molecular complexity index is 678. The summed E-state index contributed by atoms with van der Waals surface area (Å²) in [7, 11) is 0. The van der Waals surface area contributed by atoms with Crippen molar-refractivity contribution in [2.75, 3.05) is 32.7 Å². The van der Waals surface area contributed by atoms with Crippen LogP contribution in [0.25, 0.3) is 0 Å². The zero-order valence-electron chi connectivity index (χ0n) is 14.5. The first-order valence-electron chi connectivity index (χ1n) is 9.02. The molecule has 8 nitrogen and oxygen atoms in total. The number of carbonyl (C=O) groups is 3. The number of nitrogens with zero attached hydrogens (tertiary/aromatic N) is 3. The Balaban J connectivity index is 1.34. The van der Waals surface area contributed by atoms with Crippen molar-refractivity contribution in [3.63, 3.8) is 0 Å². The van der Waals surface area contributed by atoms with Crippen molar-refractivity contribution >= 4 is 18.0 Å². The summed E-state index contributed by atoms with van der Waals surface area (Å²) < 4.78 is 0. The van der Waals surface area contributed by atoms with Gasteiger partial charge in [0.15, 0.2) is 0 Å². The van der Waals surface area contributed by atoms with Crippen LogP contribution >= 0.6 is 0 Å². The number of carbonyl (C=O) groups excluding carboxylic acids is 3. The number of piperazine rings is 1. The van der Waals surface area contributed by atoms with Crippen molar-refractivity contribution < 1.29 is 19.2 Å². The predicted molar refractivity (Wildman–Crippen MR) is 92.1 cm³/mol. The number of likely N-dealkylation sites (tertiary alicyclic amines) is 1. The number of imide groups is 1. The summed E-state index contributed by atoms with van der Waals surface area (Å²) in [5, 5.41) is 3.70. The van der Waals surface area contributed by atoms with E-state index in [9.17, 15) is 14.4 Å². The van der Waals surface area contributed by atoms with E-state index in [1.165, 1.54) is 10.5 Å². The molecule has 26 heavy (non-hydrogen) atoms. The molecule has 1 aromatic rings. The van der Waals surface area contributed by atoms with E-state index >= 15 is 0 Å². The summed E-state index contributed by atoms with van der Waals surface area (Å²) in [5.41, 5.74) is 1.27. The number of benzene rings is 1. The fourth-order valence-corrected chi connectivity index (χ4v) is 3.84. The van der Waals surface area contributed by atoms with Gasteiger partial charge >= 0.3 is 12.1 Å². The van der Waals surface area contributed by atoms with Crippen LogP contribution in [-0.2, 0) is 9.63 Å². The van der Waals surface area contributed by atoms with Crippen LogP contribution in [-0.4, -0.2) is 71.7 Å². The third-order valence-electron chi connectivity index (χ3n) is 5.34. The number of urea groups is 1. The third-order valence-corrected chi connectivity index (χ3v) is 5.34. The monoisotopic (exact) mass is 358 g/mol. The smallest absolute Gasteiger partial charge is 0.312 e. The molecular weight excluding hydrogens is 336 g/mol. The van der Waals surface area contributed by atoms with E-state index in [-0.39, 0.29) is 0 Å². The van der Waals surface area contributed by atoms with Crippen molar-refractivity contribution in [2.45, 2.75) is 24.8 Å². The van der Waals surface area contributed by atoms with Crippen LogP contribution in [0.1, 0.15) is 24.3 Å². The normalized spacial score (nSPS) is 24.0. The minimum Gasteiger partial charge on any atom is -0.312 e. The van der Waals surface area contributed by atoms with Gasteiger partial charge in [0.05, 0.1) is 0 Å². The molecule has 0 bridgehead atoms. The predicted octanol–water partition coefficient (Wildman–Crippen LogP) is 1.15. The molecule has 0 saturated carbocycles. The molecule has 3 fully saturated rings. The molecule has 138 valence electrons. The molecule has 3 heterocycles. The number of amides is 4. The summed E-state index contributed by atoms with van der Waals surface area (Å²) in [5.74, 6) is -0.0647. The lowest BCUT2D eigenvalue weighted by Gasteiger charge is -2.31. The lowest BCUT2D eigenvalue weighted by atomic mass is 9.90. The van der Waals surface area contributed by atoms with Crippen LogP contribution < -0.4 is 5.32 Å². The highest BCUT2D eigenvalue weighted by molar-refractivity contribution is 6.04. The zero-order chi connectivity index (χ0) is 18.1. The van der Waals surface area contributed by atoms with Gasteiger partial charge in [0, 0.05) is 32.7 Å². The Hall–Kier alpha value is -2.61. The molecule has 0 spiro atoms. The highest BCUT2D eigenvalue weighted by Gasteiger charge is 2.49. The maximum atomic E-state index is 12.4. The molecular formula is C18H22N4O4. The summed E-state index contributed by atoms with van der Waals surface area (Å²) in [6.45, 7) is 2.55. The van der Waals surface area contributed by atoms with Crippen molar-refractivity contribution in [3.8, 4) is 0 Å². The fraction of sp³-hybridized carbons (Fsp3) is 0.500. The molecule has 8 heteroatoms. The summed E-state index contributed by atoms with van der Waals surface area (Å²) in [6.07, 6.45) is 1.03. The van der Waals surface area contributed by atoms with Gasteiger partial charge in [0.25, 0.3) is 5.91 Å². The third kappa shape index (κ3) is 3.01. The Kier molecular flexibility index (Phi) is 4.50. The molecule has 3 aliphatic heterocycles. The molecule has 4 rings (SSSR count). The Labute approximate surface area is 151 Å². The maximum Gasteiger partial charge on any atom is 0.434 e. The molecule has 4 amide bonds. The van der Waals surface area contributed by atoms with Crippen LogP contribution in [0.2, 0.25) is 0 Å². The standard InChI is InChI=1S/C18H22N4O4/c23-16-15-12-19-8-11-21(15)17(24)22(16)26-18(25)20-9-6-14(7-10-20)13-4-2-1-3-5-13/h1-5,14-15,19H,6-12H2. The van der Waals surface area contributed by atoms with Crippen molar-refractivity contribution in [1.82, 2.24) is 20.2 Å². The average molecular weight is 358 g/mol. The SMILES string of the molecule is O=C(ON1C(=O)C2CNCCN2C1=O)N1CCC(c2ccccc2)CC1. The molecule has 3 saturated heterocycles. The van der Waals surface area contributed by atoms with Crippen LogP contribution in [0, 0.1) is 0 Å². The van der Waals surface area contributed by atoms with E-state index in [1.807, 2.05) is 18.2 Å². The Morgan fingerprint density at radius 2 is 1.81 bits per heavy atom. The zero-order valence-corrected chi connectivity index (χ0v) is 14.5. The van der Waals surface area contributed by atoms with Gasteiger partial charge in [0.1, 0.15) is 6.04 Å². The minimum absolute atomic E-state index is 0.390. The van der Waals surface area contributed by atoms with Crippen LogP contribution in [0.4, 0.5) is 9.59 Å². The topological polar surface area (TPSA) is 82.2 Å². The van der Waals surface area contributed by atoms with E-state index in [4.69, 9.17) is 4.84 Å². The number of piperidine rings is 1. The average Bonchev–Trinajstić information content (AvgIpc) is 2.94. The van der Waals surface area contributed by atoms with Gasteiger partial charge in [-0.3, -0.25) is 4.79 Å². The number of nitrogens with one attached hydrogen (secondary N) is 1. The number of hydrogen-bond donors (Lipinski definition) is 1. The number of fused-ring (bicyclic) bond motifs is 1. The van der Waals surface area contributed by atoms with E-state index in [2.05, 4.69) is 17.4 Å². The van der Waals surface area contributed by atoms with Crippen molar-refractivity contribution in [1.29, 1.82) is 0 Å². The molecule has 0 radical (unpaired) electrons. The maximum absolute atomic E-state index is 12.4. The lowest BCUT2D eigenvalue weighted by molar-refractivity contribution is -0.151. The molecule has 0 aromatic heterocycles. The van der Waals surface area contributed by atoms with E-state index in [1.54, 1.807) is 4.90 Å². The summed E-state index contributed by atoms with van der Waals surface area (Å²) in [6, 6.07) is 9.11. The Morgan fingerprint density at radius 3 is 2.50 bits per heavy atom. The van der Waals surface area contributed by atoms with Gasteiger partial charge in [-0.05, 0) is 24.3 Å². The van der Waals surface area contributed by atoms with Crippen molar-refractivity contribution in [3.05, 3.63) is 35.9 Å². The van der Waals surface area contributed by atoms with Gasteiger partial charge < -0.3 is 20.0 Å².